The molecule has 0 aliphatic heterocycles. The van der Waals surface area contributed by atoms with Crippen molar-refractivity contribution in [3.05, 3.63) is 30.1 Å². The van der Waals surface area contributed by atoms with Crippen LogP contribution in [0.1, 0.15) is 19.0 Å². The van der Waals surface area contributed by atoms with Gasteiger partial charge in [0.15, 0.2) is 0 Å². The molecule has 0 atom stereocenters. The van der Waals surface area contributed by atoms with Crippen LogP contribution in [0.3, 0.4) is 0 Å². The number of hydrogen-bond acceptors (Lipinski definition) is 3. The molecule has 0 saturated heterocycles. The average molecular weight is 294 g/mol. The lowest BCUT2D eigenvalue weighted by molar-refractivity contribution is -0.131. The largest absolute Gasteiger partial charge is 0.337 e. The van der Waals surface area contributed by atoms with Gasteiger partial charge in [0, 0.05) is 25.7 Å². The van der Waals surface area contributed by atoms with Crippen LogP contribution < -0.4 is 5.32 Å². The van der Waals surface area contributed by atoms with Gasteiger partial charge in [-0.1, -0.05) is 6.07 Å². The van der Waals surface area contributed by atoms with Gasteiger partial charge in [-0.3, -0.25) is 9.78 Å². The van der Waals surface area contributed by atoms with Gasteiger partial charge in [0.05, 0.1) is 12.2 Å². The second-order valence-corrected chi connectivity index (χ2v) is 3.58. The highest BCUT2D eigenvalue weighted by atomic mass is 35.5. The maximum atomic E-state index is 11.8. The van der Waals surface area contributed by atoms with Gasteiger partial charge in [0.1, 0.15) is 0 Å². The van der Waals surface area contributed by atoms with E-state index in [2.05, 4.69) is 10.3 Å². The van der Waals surface area contributed by atoms with Gasteiger partial charge >= 0.3 is 0 Å². The smallest absolute Gasteiger partial charge is 0.224 e. The molecule has 0 fully saturated rings. The molecule has 1 amide bonds. The van der Waals surface area contributed by atoms with E-state index in [-0.39, 0.29) is 30.7 Å². The second kappa shape index (κ2) is 11.3. The lowest BCUT2D eigenvalue weighted by atomic mass is 10.3. The number of aromatic nitrogens is 1. The minimum Gasteiger partial charge on any atom is -0.337 e. The zero-order valence-electron chi connectivity index (χ0n) is 10.8. The quantitative estimate of drug-likeness (QED) is 0.871. The van der Waals surface area contributed by atoms with Crippen molar-refractivity contribution in [3.8, 4) is 0 Å². The molecule has 1 aromatic heterocycles. The fourth-order valence-electron chi connectivity index (χ4n) is 1.45. The molecule has 4 nitrogen and oxygen atoms in total. The third kappa shape index (κ3) is 6.79. The number of nitrogens with zero attached hydrogens (tertiary/aromatic N) is 2. The molecule has 0 aromatic carbocycles. The van der Waals surface area contributed by atoms with E-state index in [0.717, 1.165) is 18.8 Å². The molecule has 0 radical (unpaired) electrons. The van der Waals surface area contributed by atoms with Crippen molar-refractivity contribution in [3.63, 3.8) is 0 Å². The Bertz CT molecular complexity index is 322. The number of amides is 1. The van der Waals surface area contributed by atoms with E-state index in [0.29, 0.717) is 13.0 Å². The number of carbonyl (C=O) groups is 1. The number of pyridine rings is 1. The highest BCUT2D eigenvalue weighted by molar-refractivity contribution is 5.85. The van der Waals surface area contributed by atoms with Crippen molar-refractivity contribution in [2.24, 2.45) is 0 Å². The lowest BCUT2D eigenvalue weighted by Crippen LogP contribution is -2.32. The van der Waals surface area contributed by atoms with E-state index in [4.69, 9.17) is 0 Å². The third-order valence-electron chi connectivity index (χ3n) is 2.40. The Balaban J connectivity index is 0. The summed E-state index contributed by atoms with van der Waals surface area (Å²) >= 11 is 0. The monoisotopic (exact) mass is 293 g/mol. The second-order valence-electron chi connectivity index (χ2n) is 3.58. The Labute approximate surface area is 121 Å². The molecule has 1 heterocycles. The number of nitrogens with one attached hydrogen (secondary N) is 1. The molecule has 0 aliphatic rings. The van der Waals surface area contributed by atoms with Crippen molar-refractivity contribution in [1.82, 2.24) is 15.2 Å². The summed E-state index contributed by atoms with van der Waals surface area (Å²) in [4.78, 5) is 17.8. The average Bonchev–Trinajstić information content (AvgIpc) is 2.34. The summed E-state index contributed by atoms with van der Waals surface area (Å²) in [6.45, 7) is 4.02. The summed E-state index contributed by atoms with van der Waals surface area (Å²) in [7, 11) is 1.85. The van der Waals surface area contributed by atoms with Crippen LogP contribution in [0.25, 0.3) is 0 Å². The Morgan fingerprint density at radius 3 is 2.61 bits per heavy atom. The van der Waals surface area contributed by atoms with Crippen molar-refractivity contribution in [2.75, 3.05) is 20.1 Å². The topological polar surface area (TPSA) is 45.2 Å². The predicted octanol–water partition coefficient (Wildman–Crippen LogP) is 1.88. The van der Waals surface area contributed by atoms with Crippen LogP contribution in [-0.4, -0.2) is 35.9 Å². The summed E-state index contributed by atoms with van der Waals surface area (Å²) in [5.74, 6) is 0.169. The Morgan fingerprint density at radius 1 is 1.39 bits per heavy atom. The Kier molecular flexibility index (Phi) is 12.2. The highest BCUT2D eigenvalue weighted by Crippen LogP contribution is 2.02. The fraction of sp³-hybridized carbons (Fsp3) is 0.500. The third-order valence-corrected chi connectivity index (χ3v) is 2.40. The lowest BCUT2D eigenvalue weighted by Gasteiger charge is -2.20. The van der Waals surface area contributed by atoms with E-state index >= 15 is 0 Å². The summed E-state index contributed by atoms with van der Waals surface area (Å²) in [6, 6.07) is 5.75. The van der Waals surface area contributed by atoms with Crippen LogP contribution in [0.4, 0.5) is 0 Å². The molecule has 1 aromatic rings. The van der Waals surface area contributed by atoms with Crippen LogP contribution in [-0.2, 0) is 11.3 Å². The summed E-state index contributed by atoms with van der Waals surface area (Å²) in [5, 5.41) is 2.98. The standard InChI is InChI=1S/C12H19N3O.2ClH/c1-3-15(12(16)7-9-13-2)10-11-6-4-5-8-14-11;;/h4-6,8,13H,3,7,9-10H2,1-2H3;2*1H. The molecule has 1 N–H and O–H groups in total. The zero-order chi connectivity index (χ0) is 11.8. The molecule has 0 saturated carbocycles. The number of halogens is 2. The molecule has 6 heteroatoms. The molecular weight excluding hydrogens is 273 g/mol. The van der Waals surface area contributed by atoms with E-state index in [1.807, 2.05) is 37.1 Å². The van der Waals surface area contributed by atoms with Crippen LogP contribution >= 0.6 is 24.8 Å². The first kappa shape index (κ1) is 19.5. The molecular formula is C12H21Cl2N3O. The maximum Gasteiger partial charge on any atom is 0.224 e. The summed E-state index contributed by atoms with van der Waals surface area (Å²) in [5.41, 5.74) is 0.933. The summed E-state index contributed by atoms with van der Waals surface area (Å²) < 4.78 is 0. The predicted molar refractivity (Wildman–Crippen MR) is 78.4 cm³/mol. The number of rotatable bonds is 6. The van der Waals surface area contributed by atoms with E-state index in [1.54, 1.807) is 6.20 Å². The van der Waals surface area contributed by atoms with Crippen LogP contribution in [0.15, 0.2) is 24.4 Å². The fourth-order valence-corrected chi connectivity index (χ4v) is 1.45. The number of hydrogen-bond donors (Lipinski definition) is 1. The van der Waals surface area contributed by atoms with Crippen molar-refractivity contribution >= 4 is 30.7 Å². The van der Waals surface area contributed by atoms with Gasteiger partial charge in [-0.05, 0) is 26.1 Å². The van der Waals surface area contributed by atoms with Gasteiger partial charge in [0.25, 0.3) is 0 Å². The normalized spacial score (nSPS) is 9.00. The van der Waals surface area contributed by atoms with Gasteiger partial charge in [-0.15, -0.1) is 24.8 Å². The van der Waals surface area contributed by atoms with Gasteiger partial charge in [0.2, 0.25) is 5.91 Å². The van der Waals surface area contributed by atoms with Crippen molar-refractivity contribution < 1.29 is 4.79 Å². The molecule has 18 heavy (non-hydrogen) atoms. The minimum absolute atomic E-state index is 0. The number of carbonyl (C=O) groups excluding carboxylic acids is 1. The summed E-state index contributed by atoms with van der Waals surface area (Å²) in [6.07, 6.45) is 2.29. The first-order chi connectivity index (χ1) is 7.77. The molecule has 0 unspecified atom stereocenters. The van der Waals surface area contributed by atoms with E-state index < -0.39 is 0 Å². The van der Waals surface area contributed by atoms with E-state index in [1.165, 1.54) is 0 Å². The van der Waals surface area contributed by atoms with Crippen LogP contribution in [0.5, 0.6) is 0 Å². The van der Waals surface area contributed by atoms with E-state index in [9.17, 15) is 4.79 Å². The van der Waals surface area contributed by atoms with Gasteiger partial charge < -0.3 is 10.2 Å². The molecule has 1 rings (SSSR count). The van der Waals surface area contributed by atoms with Gasteiger partial charge in [-0.25, -0.2) is 0 Å². The molecule has 104 valence electrons. The Hall–Kier alpha value is -0.840. The molecule has 0 spiro atoms. The SMILES string of the molecule is CCN(Cc1ccccn1)C(=O)CCNC.Cl.Cl. The Morgan fingerprint density at radius 2 is 2.11 bits per heavy atom. The maximum absolute atomic E-state index is 11.8. The van der Waals surface area contributed by atoms with Crippen molar-refractivity contribution in [1.29, 1.82) is 0 Å². The van der Waals surface area contributed by atoms with Crippen molar-refractivity contribution in [2.45, 2.75) is 19.9 Å². The van der Waals surface area contributed by atoms with Crippen LogP contribution in [0, 0.1) is 0 Å². The van der Waals surface area contributed by atoms with Crippen LogP contribution in [0.2, 0.25) is 0 Å². The highest BCUT2D eigenvalue weighted by Gasteiger charge is 2.11. The molecule has 0 bridgehead atoms. The minimum atomic E-state index is 0. The molecule has 0 aliphatic carbocycles. The zero-order valence-corrected chi connectivity index (χ0v) is 12.4. The first-order valence-electron chi connectivity index (χ1n) is 5.60. The van der Waals surface area contributed by atoms with Gasteiger partial charge in [-0.2, -0.15) is 0 Å². The first-order valence-corrected chi connectivity index (χ1v) is 5.60.